The van der Waals surface area contributed by atoms with Gasteiger partial charge in [0.05, 0.1) is 8.22 Å². The summed E-state index contributed by atoms with van der Waals surface area (Å²) < 4.78 is 73.8. The van der Waals surface area contributed by atoms with Crippen molar-refractivity contribution < 1.29 is 21.8 Å². The minimum Gasteiger partial charge on any atom is -0.311 e. The molecule has 23 heavy (non-hydrogen) atoms. The minimum atomic E-state index is -4.36. The Labute approximate surface area is 144 Å². The summed E-state index contributed by atoms with van der Waals surface area (Å²) in [6.07, 6.45) is 0. The number of fused-ring (bicyclic) bond motifs is 1. The van der Waals surface area contributed by atoms with E-state index < -0.39 is 49.0 Å². The van der Waals surface area contributed by atoms with Crippen molar-refractivity contribution in [3.63, 3.8) is 0 Å². The summed E-state index contributed by atoms with van der Waals surface area (Å²) in [6, 6.07) is 8.89. The van der Waals surface area contributed by atoms with E-state index in [0.29, 0.717) is 5.39 Å². The van der Waals surface area contributed by atoms with Gasteiger partial charge in [0.15, 0.2) is 0 Å². The molecule has 0 radical (unpaired) electrons. The third-order valence-electron chi connectivity index (χ3n) is 3.54. The Morgan fingerprint density at radius 3 is 2.35 bits per heavy atom. The summed E-state index contributed by atoms with van der Waals surface area (Å²) >= 11 is 0. The molecule has 0 saturated heterocycles. The van der Waals surface area contributed by atoms with E-state index >= 15 is 0 Å². The van der Waals surface area contributed by atoms with Gasteiger partial charge in [-0.25, -0.2) is 0 Å². The predicted octanol–water partition coefficient (Wildman–Crippen LogP) is 5.42. The van der Waals surface area contributed by atoms with E-state index in [-0.39, 0.29) is 5.56 Å². The summed E-state index contributed by atoms with van der Waals surface area (Å²) in [6.45, 7) is 0. The summed E-state index contributed by atoms with van der Waals surface area (Å²) in [5, 5.41) is 1.26. The van der Waals surface area contributed by atoms with Crippen LogP contribution in [0.5, 0.6) is 0 Å². The van der Waals surface area contributed by atoms with Crippen molar-refractivity contribution in [1.29, 1.82) is 0 Å². The minimum absolute atomic E-state index is 0.154. The van der Waals surface area contributed by atoms with Gasteiger partial charge in [-0.3, -0.25) is 4.57 Å². The number of benzene rings is 3. The van der Waals surface area contributed by atoms with E-state index in [1.54, 1.807) is 36.4 Å². The van der Waals surface area contributed by atoms with Gasteiger partial charge in [-0.1, -0.05) is 72.7 Å². The Balaban J connectivity index is 2.57. The van der Waals surface area contributed by atoms with Crippen LogP contribution in [0.3, 0.4) is 0 Å². The largest absolute Gasteiger partial charge is 0.341 e. The van der Waals surface area contributed by atoms with Gasteiger partial charge < -0.3 is 9.05 Å². The van der Waals surface area contributed by atoms with Crippen molar-refractivity contribution in [3.05, 3.63) is 83.8 Å². The first-order valence-electron chi connectivity index (χ1n) is 9.91. The summed E-state index contributed by atoms with van der Waals surface area (Å²) in [7, 11) is -2.15. The average molecular weight is 332 g/mol. The Kier molecular flexibility index (Phi) is 2.91. The van der Waals surface area contributed by atoms with Crippen LogP contribution in [0, 0.1) is 0 Å². The third-order valence-corrected chi connectivity index (χ3v) is 5.51. The quantitative estimate of drug-likeness (QED) is 0.586. The zero-order chi connectivity index (χ0) is 21.6. The van der Waals surface area contributed by atoms with Crippen LogP contribution >= 0.6 is 7.60 Å². The highest BCUT2D eigenvalue weighted by Gasteiger charge is 2.37. The molecule has 0 amide bonds. The van der Waals surface area contributed by atoms with E-state index in [9.17, 15) is 5.94 Å². The molecular formula is C19H19O3P. The zero-order valence-electron chi connectivity index (χ0n) is 18.7. The molecule has 0 aliphatic carbocycles. The van der Waals surface area contributed by atoms with Crippen molar-refractivity contribution in [2.45, 2.75) is 5.64 Å². The molecule has 0 aliphatic heterocycles. The van der Waals surface area contributed by atoms with Gasteiger partial charge in [0.25, 0.3) is 0 Å². The van der Waals surface area contributed by atoms with Crippen molar-refractivity contribution in [1.82, 2.24) is 0 Å². The van der Waals surface area contributed by atoms with Crippen molar-refractivity contribution in [2.75, 3.05) is 14.2 Å². The molecule has 0 spiro atoms. The van der Waals surface area contributed by atoms with Crippen LogP contribution < -0.4 is 0 Å². The predicted molar refractivity (Wildman–Crippen MR) is 93.9 cm³/mol. The van der Waals surface area contributed by atoms with Crippen LogP contribution in [-0.2, 0) is 13.6 Å². The van der Waals surface area contributed by atoms with Gasteiger partial charge in [0.1, 0.15) is 5.64 Å². The lowest BCUT2D eigenvalue weighted by Crippen LogP contribution is -2.06. The molecule has 3 nitrogen and oxygen atoms in total. The number of rotatable bonds is 5. The highest BCUT2D eigenvalue weighted by atomic mass is 31.2. The Bertz CT molecular complexity index is 1110. The third kappa shape index (κ3) is 2.96. The topological polar surface area (TPSA) is 35.5 Å². The van der Waals surface area contributed by atoms with E-state index in [2.05, 4.69) is 0 Å². The standard InChI is InChI=1S/C19H19O3P/c1-21-23(20,22-2)19(16-10-4-3-5-11-16)18-14-8-12-15-9-6-7-13-17(15)18/h3-14,19H,1-2H3/i3D,4D,5D,10D,11D,19D. The number of hydrogen-bond acceptors (Lipinski definition) is 3. The molecule has 0 N–H and O–H groups in total. The van der Waals surface area contributed by atoms with Crippen molar-refractivity contribution >= 4 is 18.4 Å². The smallest absolute Gasteiger partial charge is 0.311 e. The van der Waals surface area contributed by atoms with Crippen LogP contribution in [0.25, 0.3) is 10.8 Å². The molecular weight excluding hydrogens is 307 g/mol. The van der Waals surface area contributed by atoms with Crippen LogP contribution in [0.2, 0.25) is 0 Å². The van der Waals surface area contributed by atoms with E-state index in [1.165, 1.54) is 6.07 Å². The molecule has 3 aromatic carbocycles. The lowest BCUT2D eigenvalue weighted by molar-refractivity contribution is 0.270. The Hall–Kier alpha value is -1.93. The first kappa shape index (κ1) is 10.0. The van der Waals surface area contributed by atoms with Crippen molar-refractivity contribution in [3.8, 4) is 0 Å². The zero-order valence-corrected chi connectivity index (χ0v) is 13.6. The van der Waals surface area contributed by atoms with Crippen LogP contribution in [0.1, 0.15) is 25.0 Å². The number of hydrogen-bond donors (Lipinski definition) is 0. The van der Waals surface area contributed by atoms with E-state index in [1.807, 2.05) is 0 Å². The first-order valence-corrected chi connectivity index (χ1v) is 8.45. The van der Waals surface area contributed by atoms with Gasteiger partial charge >= 0.3 is 7.60 Å². The second kappa shape index (κ2) is 6.67. The molecule has 1 atom stereocenters. The maximum atomic E-state index is 13.7. The average Bonchev–Trinajstić information content (AvgIpc) is 2.75. The molecule has 0 aromatic heterocycles. The SMILES string of the molecule is [2H]c1c([2H])c([2H])c(C([2H])(c2cccc3ccccc23)P(=O)(OC)OC)c([2H])c1[2H]. The summed E-state index contributed by atoms with van der Waals surface area (Å²) in [5.74, 6) is 0. The molecule has 3 rings (SSSR count). The van der Waals surface area contributed by atoms with E-state index in [0.717, 1.165) is 19.6 Å². The molecule has 118 valence electrons. The summed E-state index contributed by atoms with van der Waals surface area (Å²) in [5.41, 5.74) is -2.72. The van der Waals surface area contributed by atoms with Gasteiger partial charge in [-0.2, -0.15) is 0 Å². The molecule has 0 saturated carbocycles. The van der Waals surface area contributed by atoms with Gasteiger partial charge in [-0.05, 0) is 21.9 Å². The molecule has 1 unspecified atom stereocenters. The van der Waals surface area contributed by atoms with Gasteiger partial charge in [0.2, 0.25) is 0 Å². The second-order valence-corrected chi connectivity index (χ2v) is 6.91. The lowest BCUT2D eigenvalue weighted by Gasteiger charge is -2.26. The molecule has 4 heteroatoms. The Morgan fingerprint density at radius 2 is 1.65 bits per heavy atom. The molecule has 0 aliphatic rings. The highest BCUT2D eigenvalue weighted by molar-refractivity contribution is 7.54. The maximum absolute atomic E-state index is 13.7. The monoisotopic (exact) mass is 332 g/mol. The maximum Gasteiger partial charge on any atom is 0.341 e. The normalized spacial score (nSPS) is 18.2. The fourth-order valence-corrected chi connectivity index (χ4v) is 3.87. The lowest BCUT2D eigenvalue weighted by atomic mass is 9.98. The molecule has 3 aromatic rings. The van der Waals surface area contributed by atoms with Crippen LogP contribution in [0.4, 0.5) is 0 Å². The fourth-order valence-electron chi connectivity index (χ4n) is 2.48. The Morgan fingerprint density at radius 1 is 1.00 bits per heavy atom. The molecule has 0 heterocycles. The van der Waals surface area contributed by atoms with Crippen molar-refractivity contribution in [2.24, 2.45) is 0 Å². The highest BCUT2D eigenvalue weighted by Crippen LogP contribution is 2.63. The van der Waals surface area contributed by atoms with Gasteiger partial charge in [0, 0.05) is 14.2 Å². The van der Waals surface area contributed by atoms with Gasteiger partial charge in [-0.15, -0.1) is 0 Å². The first-order chi connectivity index (χ1) is 13.6. The van der Waals surface area contributed by atoms with Crippen LogP contribution in [0.15, 0.2) is 72.7 Å². The van der Waals surface area contributed by atoms with E-state index in [4.69, 9.17) is 15.9 Å². The summed E-state index contributed by atoms with van der Waals surface area (Å²) in [4.78, 5) is 0. The van der Waals surface area contributed by atoms with Crippen LogP contribution in [-0.4, -0.2) is 14.2 Å². The molecule has 0 bridgehead atoms. The fraction of sp³-hybridized carbons (Fsp3) is 0.158. The molecule has 0 fully saturated rings. The second-order valence-electron chi connectivity index (χ2n) is 4.74.